The minimum absolute atomic E-state index is 0.0111. The number of aryl methyl sites for hydroxylation is 2. The summed E-state index contributed by atoms with van der Waals surface area (Å²) in [5.41, 5.74) is 1.48. The normalized spacial score (nSPS) is 10.3. The van der Waals surface area contributed by atoms with Crippen molar-refractivity contribution in [1.29, 1.82) is 0 Å². The summed E-state index contributed by atoms with van der Waals surface area (Å²) in [4.78, 5) is 19.5. The molecule has 0 spiro atoms. The predicted octanol–water partition coefficient (Wildman–Crippen LogP) is 1.03. The molecule has 0 aromatic carbocycles. The summed E-state index contributed by atoms with van der Waals surface area (Å²) < 4.78 is 1.72. The van der Waals surface area contributed by atoms with E-state index in [4.69, 9.17) is 0 Å². The Kier molecular flexibility index (Phi) is 3.05. The second-order valence-electron chi connectivity index (χ2n) is 3.54. The molecule has 5 heteroatoms. The lowest BCUT2D eigenvalue weighted by molar-refractivity contribution is 0.0977. The number of nitrogens with zero attached hydrogens (tertiary/aromatic N) is 4. The van der Waals surface area contributed by atoms with E-state index >= 15 is 0 Å². The minimum Gasteiger partial charge on any atom is -0.292 e. The fraction of sp³-hybridized carbons (Fsp3) is 0.273. The molecule has 0 unspecified atom stereocenters. The van der Waals surface area contributed by atoms with Crippen molar-refractivity contribution in [3.63, 3.8) is 0 Å². The van der Waals surface area contributed by atoms with E-state index < -0.39 is 0 Å². The minimum atomic E-state index is 0.0111. The van der Waals surface area contributed by atoms with Gasteiger partial charge < -0.3 is 0 Å². The maximum atomic E-state index is 11.7. The van der Waals surface area contributed by atoms with Crippen LogP contribution in [-0.4, -0.2) is 25.5 Å². The molecule has 0 N–H and O–H groups in total. The topological polar surface area (TPSA) is 60.7 Å². The van der Waals surface area contributed by atoms with E-state index in [0.717, 1.165) is 5.56 Å². The van der Waals surface area contributed by atoms with E-state index in [1.54, 1.807) is 17.1 Å². The Labute approximate surface area is 93.2 Å². The van der Waals surface area contributed by atoms with Gasteiger partial charge in [-0.1, -0.05) is 0 Å². The molecule has 2 heterocycles. The van der Waals surface area contributed by atoms with Gasteiger partial charge in [-0.3, -0.25) is 14.5 Å². The first-order chi connectivity index (χ1) is 7.75. The van der Waals surface area contributed by atoms with Gasteiger partial charge in [0.1, 0.15) is 5.69 Å². The zero-order valence-electron chi connectivity index (χ0n) is 9.00. The number of ketones is 1. The number of Topliss-reactive ketones (excluding diaryl/α,β-unsaturated/α-hetero) is 1. The van der Waals surface area contributed by atoms with Crippen LogP contribution >= 0.6 is 0 Å². The van der Waals surface area contributed by atoms with E-state index in [2.05, 4.69) is 15.1 Å². The average Bonchev–Trinajstić information content (AvgIpc) is 2.73. The first kappa shape index (κ1) is 10.5. The van der Waals surface area contributed by atoms with Crippen molar-refractivity contribution in [2.75, 3.05) is 0 Å². The molecule has 0 aliphatic rings. The lowest BCUT2D eigenvalue weighted by Gasteiger charge is -1.97. The Morgan fingerprint density at radius 3 is 2.88 bits per heavy atom. The highest BCUT2D eigenvalue weighted by Crippen LogP contribution is 2.04. The first-order valence-electron chi connectivity index (χ1n) is 5.02. The molecule has 2 aromatic rings. The summed E-state index contributed by atoms with van der Waals surface area (Å²) in [5.74, 6) is 0.0111. The summed E-state index contributed by atoms with van der Waals surface area (Å²) in [6, 6.07) is 0. The SMILES string of the molecule is Cn1cc(CCC(=O)c2cnccn2)cn1. The quantitative estimate of drug-likeness (QED) is 0.716. The van der Waals surface area contributed by atoms with Crippen LogP contribution in [0, 0.1) is 0 Å². The van der Waals surface area contributed by atoms with Crippen LogP contribution in [0.25, 0.3) is 0 Å². The molecule has 5 nitrogen and oxygen atoms in total. The van der Waals surface area contributed by atoms with Gasteiger partial charge in [0.25, 0.3) is 0 Å². The molecular formula is C11H12N4O. The third kappa shape index (κ3) is 2.50. The van der Waals surface area contributed by atoms with Gasteiger partial charge in [-0.15, -0.1) is 0 Å². The lowest BCUT2D eigenvalue weighted by Crippen LogP contribution is -2.03. The number of hydrogen-bond donors (Lipinski definition) is 0. The number of carbonyl (C=O) groups is 1. The summed E-state index contributed by atoms with van der Waals surface area (Å²) in [7, 11) is 1.86. The van der Waals surface area contributed by atoms with Gasteiger partial charge in [-0.05, 0) is 12.0 Å². The van der Waals surface area contributed by atoms with Crippen molar-refractivity contribution in [3.05, 3.63) is 42.2 Å². The van der Waals surface area contributed by atoms with Crippen LogP contribution in [0.4, 0.5) is 0 Å². The van der Waals surface area contributed by atoms with E-state index in [9.17, 15) is 4.79 Å². The highest BCUT2D eigenvalue weighted by atomic mass is 16.1. The van der Waals surface area contributed by atoms with Crippen molar-refractivity contribution in [3.8, 4) is 0 Å². The van der Waals surface area contributed by atoms with Crippen molar-refractivity contribution in [1.82, 2.24) is 19.7 Å². The largest absolute Gasteiger partial charge is 0.292 e. The molecular weight excluding hydrogens is 204 g/mol. The highest BCUT2D eigenvalue weighted by molar-refractivity contribution is 5.93. The van der Waals surface area contributed by atoms with Crippen molar-refractivity contribution < 1.29 is 4.79 Å². The van der Waals surface area contributed by atoms with Crippen LogP contribution < -0.4 is 0 Å². The number of aromatic nitrogens is 4. The van der Waals surface area contributed by atoms with Crippen molar-refractivity contribution >= 4 is 5.78 Å². The Bertz CT molecular complexity index is 478. The number of rotatable bonds is 4. The van der Waals surface area contributed by atoms with E-state index in [-0.39, 0.29) is 5.78 Å². The van der Waals surface area contributed by atoms with Crippen molar-refractivity contribution in [2.24, 2.45) is 7.05 Å². The summed E-state index contributed by atoms with van der Waals surface area (Å²) in [6.07, 6.45) is 9.36. The fourth-order valence-corrected chi connectivity index (χ4v) is 1.43. The Morgan fingerprint density at radius 2 is 2.25 bits per heavy atom. The van der Waals surface area contributed by atoms with Crippen LogP contribution in [-0.2, 0) is 13.5 Å². The van der Waals surface area contributed by atoms with Crippen molar-refractivity contribution in [2.45, 2.75) is 12.8 Å². The predicted molar refractivity (Wildman–Crippen MR) is 57.9 cm³/mol. The maximum Gasteiger partial charge on any atom is 0.183 e. The number of hydrogen-bond acceptors (Lipinski definition) is 4. The summed E-state index contributed by atoms with van der Waals surface area (Å²) in [6.45, 7) is 0. The molecule has 0 bridgehead atoms. The van der Waals surface area contributed by atoms with E-state index in [0.29, 0.717) is 18.5 Å². The average molecular weight is 216 g/mol. The molecule has 0 aliphatic carbocycles. The standard InChI is InChI=1S/C11H12N4O/c1-15-8-9(6-14-15)2-3-11(16)10-7-12-4-5-13-10/h4-8H,2-3H2,1H3. The van der Waals surface area contributed by atoms with Gasteiger partial charge in [0.15, 0.2) is 5.78 Å². The van der Waals surface area contributed by atoms with Gasteiger partial charge in [-0.25, -0.2) is 4.98 Å². The molecule has 0 amide bonds. The van der Waals surface area contributed by atoms with Crippen LogP contribution in [0.3, 0.4) is 0 Å². The van der Waals surface area contributed by atoms with Crippen LogP contribution in [0.5, 0.6) is 0 Å². The molecule has 2 rings (SSSR count). The lowest BCUT2D eigenvalue weighted by atomic mass is 10.1. The van der Waals surface area contributed by atoms with E-state index in [1.807, 2.05) is 13.2 Å². The van der Waals surface area contributed by atoms with E-state index in [1.165, 1.54) is 12.4 Å². The smallest absolute Gasteiger partial charge is 0.183 e. The number of carbonyl (C=O) groups excluding carboxylic acids is 1. The second kappa shape index (κ2) is 4.65. The molecule has 0 fully saturated rings. The molecule has 0 atom stereocenters. The Morgan fingerprint density at radius 1 is 1.38 bits per heavy atom. The second-order valence-corrected chi connectivity index (χ2v) is 3.54. The maximum absolute atomic E-state index is 11.7. The first-order valence-corrected chi connectivity index (χ1v) is 5.02. The Balaban J connectivity index is 1.94. The zero-order valence-corrected chi connectivity index (χ0v) is 9.00. The molecule has 0 aliphatic heterocycles. The van der Waals surface area contributed by atoms with Crippen LogP contribution in [0.1, 0.15) is 22.5 Å². The Hall–Kier alpha value is -2.04. The molecule has 2 aromatic heterocycles. The molecule has 82 valence electrons. The van der Waals surface area contributed by atoms with Crippen LogP contribution in [0.15, 0.2) is 31.0 Å². The van der Waals surface area contributed by atoms with Gasteiger partial charge >= 0.3 is 0 Å². The summed E-state index contributed by atoms with van der Waals surface area (Å²) in [5, 5.41) is 4.04. The zero-order chi connectivity index (χ0) is 11.4. The van der Waals surface area contributed by atoms with Gasteiger partial charge in [0, 0.05) is 32.1 Å². The fourth-order valence-electron chi connectivity index (χ4n) is 1.43. The molecule has 16 heavy (non-hydrogen) atoms. The molecule has 0 radical (unpaired) electrons. The third-order valence-electron chi connectivity index (χ3n) is 2.25. The van der Waals surface area contributed by atoms with Crippen LogP contribution in [0.2, 0.25) is 0 Å². The third-order valence-corrected chi connectivity index (χ3v) is 2.25. The van der Waals surface area contributed by atoms with Gasteiger partial charge in [0.05, 0.1) is 12.4 Å². The summed E-state index contributed by atoms with van der Waals surface area (Å²) >= 11 is 0. The molecule has 0 saturated heterocycles. The highest BCUT2D eigenvalue weighted by Gasteiger charge is 2.07. The molecule has 0 saturated carbocycles. The monoisotopic (exact) mass is 216 g/mol. The van der Waals surface area contributed by atoms with Gasteiger partial charge in [0.2, 0.25) is 0 Å². The van der Waals surface area contributed by atoms with Gasteiger partial charge in [-0.2, -0.15) is 5.10 Å².